The minimum Gasteiger partial charge on any atom is -0.483 e. The molecule has 4 nitrogen and oxygen atoms in total. The van der Waals surface area contributed by atoms with Crippen LogP contribution in [-0.2, 0) is 4.79 Å². The van der Waals surface area contributed by atoms with Crippen molar-refractivity contribution in [2.24, 2.45) is 0 Å². The van der Waals surface area contributed by atoms with Gasteiger partial charge in [-0.05, 0) is 55.5 Å². The van der Waals surface area contributed by atoms with E-state index in [-0.39, 0.29) is 12.5 Å². The molecule has 0 fully saturated rings. The lowest BCUT2D eigenvalue weighted by molar-refractivity contribution is -0.118. The molecule has 1 amide bonds. The summed E-state index contributed by atoms with van der Waals surface area (Å²) < 4.78 is 5.80. The van der Waals surface area contributed by atoms with Crippen LogP contribution in [0, 0.1) is 20.8 Å². The number of amides is 1. The number of carbonyl (C=O) groups is 1. The van der Waals surface area contributed by atoms with E-state index >= 15 is 0 Å². The Balaban J connectivity index is 1.66. The molecule has 1 heterocycles. The summed E-state index contributed by atoms with van der Waals surface area (Å²) in [6.07, 6.45) is 0. The van der Waals surface area contributed by atoms with Crippen LogP contribution in [-0.4, -0.2) is 17.5 Å². The van der Waals surface area contributed by atoms with E-state index in [1.807, 2.05) is 18.4 Å². The predicted molar refractivity (Wildman–Crippen MR) is 116 cm³/mol. The molecule has 0 radical (unpaired) electrons. The summed E-state index contributed by atoms with van der Waals surface area (Å²) in [6, 6.07) is 12.4. The van der Waals surface area contributed by atoms with Crippen LogP contribution in [0.1, 0.15) is 42.0 Å². The number of hydrogen-bond donors (Lipinski definition) is 1. The van der Waals surface area contributed by atoms with Crippen molar-refractivity contribution in [1.82, 2.24) is 4.98 Å². The first-order valence-corrected chi connectivity index (χ1v) is 10.3. The lowest BCUT2D eigenvalue weighted by Gasteiger charge is -2.14. The Kier molecular flexibility index (Phi) is 6.15. The maximum atomic E-state index is 12.3. The molecule has 0 bridgehead atoms. The molecular weight excluding hydrogens is 368 g/mol. The molecule has 2 aromatic carbocycles. The molecule has 0 aliphatic rings. The lowest BCUT2D eigenvalue weighted by atomic mass is 10.0. The van der Waals surface area contributed by atoms with Gasteiger partial charge in [0.25, 0.3) is 5.91 Å². The van der Waals surface area contributed by atoms with Gasteiger partial charge >= 0.3 is 0 Å². The summed E-state index contributed by atoms with van der Waals surface area (Å²) in [5, 5.41) is 5.39. The normalized spacial score (nSPS) is 10.9. The predicted octanol–water partition coefficient (Wildman–Crippen LogP) is 5.88. The van der Waals surface area contributed by atoms with Crippen LogP contribution in [0.2, 0.25) is 0 Å². The summed E-state index contributed by atoms with van der Waals surface area (Å²) >= 11 is 1.42. The van der Waals surface area contributed by atoms with Crippen molar-refractivity contribution in [3.8, 4) is 17.0 Å². The average molecular weight is 395 g/mol. The zero-order valence-corrected chi connectivity index (χ0v) is 17.8. The molecule has 0 unspecified atom stereocenters. The van der Waals surface area contributed by atoms with Gasteiger partial charge in [-0.1, -0.05) is 43.7 Å². The van der Waals surface area contributed by atoms with Gasteiger partial charge in [0, 0.05) is 10.9 Å². The number of benzene rings is 2. The van der Waals surface area contributed by atoms with Crippen LogP contribution in [0.25, 0.3) is 11.3 Å². The number of rotatable bonds is 6. The molecule has 0 atom stereocenters. The SMILES string of the molecule is Cc1ccc(C(C)C)c(OCC(=O)Nc2nc(-c3cc(C)ccc3C)cs2)c1. The Morgan fingerprint density at radius 3 is 2.57 bits per heavy atom. The van der Waals surface area contributed by atoms with Crippen molar-refractivity contribution in [3.05, 3.63) is 64.0 Å². The van der Waals surface area contributed by atoms with Crippen molar-refractivity contribution in [1.29, 1.82) is 0 Å². The van der Waals surface area contributed by atoms with Crippen LogP contribution in [0.15, 0.2) is 41.8 Å². The number of anilines is 1. The second-order valence-electron chi connectivity index (χ2n) is 7.39. The molecular formula is C23H26N2O2S. The highest BCUT2D eigenvalue weighted by atomic mass is 32.1. The van der Waals surface area contributed by atoms with E-state index in [4.69, 9.17) is 4.74 Å². The van der Waals surface area contributed by atoms with Crippen molar-refractivity contribution in [2.75, 3.05) is 11.9 Å². The van der Waals surface area contributed by atoms with E-state index in [1.165, 1.54) is 16.9 Å². The molecule has 0 saturated heterocycles. The number of ether oxygens (including phenoxy) is 1. The highest BCUT2D eigenvalue weighted by Crippen LogP contribution is 2.29. The molecule has 0 spiro atoms. The Hall–Kier alpha value is -2.66. The monoisotopic (exact) mass is 394 g/mol. The Morgan fingerprint density at radius 1 is 1.11 bits per heavy atom. The van der Waals surface area contributed by atoms with Crippen molar-refractivity contribution in [2.45, 2.75) is 40.5 Å². The topological polar surface area (TPSA) is 51.2 Å². The quantitative estimate of drug-likeness (QED) is 0.568. The molecule has 0 aliphatic heterocycles. The van der Waals surface area contributed by atoms with Crippen LogP contribution in [0.3, 0.4) is 0 Å². The van der Waals surface area contributed by atoms with E-state index < -0.39 is 0 Å². The Bertz CT molecular complexity index is 992. The molecule has 0 saturated carbocycles. The van der Waals surface area contributed by atoms with Crippen LogP contribution in [0.4, 0.5) is 5.13 Å². The second kappa shape index (κ2) is 8.57. The van der Waals surface area contributed by atoms with Crippen molar-refractivity contribution >= 4 is 22.4 Å². The molecule has 28 heavy (non-hydrogen) atoms. The fourth-order valence-electron chi connectivity index (χ4n) is 3.01. The highest BCUT2D eigenvalue weighted by molar-refractivity contribution is 7.14. The third-order valence-corrected chi connectivity index (χ3v) is 5.33. The third kappa shape index (κ3) is 4.78. The molecule has 146 valence electrons. The molecule has 3 rings (SSSR count). The summed E-state index contributed by atoms with van der Waals surface area (Å²) in [5.41, 5.74) is 6.53. The van der Waals surface area contributed by atoms with Crippen LogP contribution in [0.5, 0.6) is 5.75 Å². The molecule has 1 aromatic heterocycles. The maximum Gasteiger partial charge on any atom is 0.264 e. The van der Waals surface area contributed by atoms with Crippen LogP contribution < -0.4 is 10.1 Å². The fourth-order valence-corrected chi connectivity index (χ4v) is 3.74. The van der Waals surface area contributed by atoms with E-state index in [9.17, 15) is 4.79 Å². The molecule has 0 aliphatic carbocycles. The minimum atomic E-state index is -0.210. The number of carbonyl (C=O) groups excluding carboxylic acids is 1. The third-order valence-electron chi connectivity index (χ3n) is 4.57. The van der Waals surface area contributed by atoms with Gasteiger partial charge in [0.05, 0.1) is 5.69 Å². The van der Waals surface area contributed by atoms with E-state index in [0.29, 0.717) is 11.0 Å². The molecule has 3 aromatic rings. The summed E-state index contributed by atoms with van der Waals surface area (Å²) in [7, 11) is 0. The minimum absolute atomic E-state index is 0.0401. The zero-order valence-electron chi connectivity index (χ0n) is 17.0. The summed E-state index contributed by atoms with van der Waals surface area (Å²) in [6.45, 7) is 10.3. The first-order chi connectivity index (χ1) is 13.3. The van der Waals surface area contributed by atoms with Gasteiger partial charge in [0.15, 0.2) is 11.7 Å². The van der Waals surface area contributed by atoms with E-state index in [1.54, 1.807) is 0 Å². The van der Waals surface area contributed by atoms with Crippen molar-refractivity contribution < 1.29 is 9.53 Å². The average Bonchev–Trinajstić information content (AvgIpc) is 3.10. The smallest absolute Gasteiger partial charge is 0.264 e. The largest absolute Gasteiger partial charge is 0.483 e. The Morgan fingerprint density at radius 2 is 1.82 bits per heavy atom. The summed E-state index contributed by atoms with van der Waals surface area (Å²) in [5.74, 6) is 0.885. The number of thiazole rings is 1. The first-order valence-electron chi connectivity index (χ1n) is 9.40. The van der Waals surface area contributed by atoms with Gasteiger partial charge in [-0.15, -0.1) is 11.3 Å². The van der Waals surface area contributed by atoms with Crippen LogP contribution >= 0.6 is 11.3 Å². The van der Waals surface area contributed by atoms with Gasteiger partial charge < -0.3 is 4.74 Å². The zero-order chi connectivity index (χ0) is 20.3. The highest BCUT2D eigenvalue weighted by Gasteiger charge is 2.13. The number of nitrogens with zero attached hydrogens (tertiary/aromatic N) is 1. The van der Waals surface area contributed by atoms with Gasteiger partial charge in [0.2, 0.25) is 0 Å². The fraction of sp³-hybridized carbons (Fsp3) is 0.304. The van der Waals surface area contributed by atoms with Gasteiger partial charge in [-0.25, -0.2) is 4.98 Å². The number of aryl methyl sites for hydroxylation is 3. The van der Waals surface area contributed by atoms with E-state index in [2.05, 4.69) is 68.3 Å². The second-order valence-corrected chi connectivity index (χ2v) is 8.25. The maximum absolute atomic E-state index is 12.3. The van der Waals surface area contributed by atoms with Gasteiger partial charge in [-0.3, -0.25) is 10.1 Å². The van der Waals surface area contributed by atoms with Gasteiger partial charge in [-0.2, -0.15) is 0 Å². The Labute approximate surface area is 170 Å². The van der Waals surface area contributed by atoms with E-state index in [0.717, 1.165) is 33.7 Å². The van der Waals surface area contributed by atoms with Crippen molar-refractivity contribution in [3.63, 3.8) is 0 Å². The molecule has 1 N–H and O–H groups in total. The summed E-state index contributed by atoms with van der Waals surface area (Å²) in [4.78, 5) is 16.9. The standard InChI is InChI=1S/C23H26N2O2S/c1-14(2)18-9-7-16(4)11-21(18)27-12-22(26)25-23-24-20(13-28-23)19-10-15(3)6-8-17(19)5/h6-11,13-14H,12H2,1-5H3,(H,24,25,26). The number of hydrogen-bond acceptors (Lipinski definition) is 4. The number of aromatic nitrogens is 1. The molecule has 5 heteroatoms. The first kappa shape index (κ1) is 20.1. The number of nitrogens with one attached hydrogen (secondary N) is 1. The van der Waals surface area contributed by atoms with Gasteiger partial charge in [0.1, 0.15) is 5.75 Å². The lowest BCUT2D eigenvalue weighted by Crippen LogP contribution is -2.20.